The van der Waals surface area contributed by atoms with Crippen LogP contribution in [0.4, 0.5) is 5.13 Å². The van der Waals surface area contributed by atoms with Crippen molar-refractivity contribution in [1.29, 1.82) is 0 Å². The lowest BCUT2D eigenvalue weighted by molar-refractivity contribution is 1.29. The fourth-order valence-electron chi connectivity index (χ4n) is 1.48. The number of hydrogen-bond donors (Lipinski definition) is 2. The number of aliphatic imine (C=N–C) groups is 1. The Hall–Kier alpha value is -1.88. The van der Waals surface area contributed by atoms with Crippen molar-refractivity contribution < 1.29 is 0 Å². The predicted molar refractivity (Wildman–Crippen MR) is 73.1 cm³/mol. The number of thiazole rings is 1. The van der Waals surface area contributed by atoms with Crippen molar-refractivity contribution in [2.24, 2.45) is 16.5 Å². The van der Waals surface area contributed by atoms with E-state index in [1.54, 1.807) is 0 Å². The number of guanidine groups is 1. The van der Waals surface area contributed by atoms with E-state index in [1.807, 2.05) is 5.38 Å². The van der Waals surface area contributed by atoms with Gasteiger partial charge in [-0.3, -0.25) is 0 Å². The first kappa shape index (κ1) is 11.6. The summed E-state index contributed by atoms with van der Waals surface area (Å²) in [6, 6.07) is 0. The van der Waals surface area contributed by atoms with Gasteiger partial charge < -0.3 is 11.5 Å². The van der Waals surface area contributed by atoms with Crippen LogP contribution in [0.1, 0.15) is 19.0 Å². The SMILES string of the molecule is CC1=CCC=C(c2csc(N=C(N)N)n2)C=C1. The van der Waals surface area contributed by atoms with E-state index >= 15 is 0 Å². The Morgan fingerprint density at radius 1 is 1.35 bits per heavy atom. The maximum Gasteiger partial charge on any atom is 0.212 e. The summed E-state index contributed by atoms with van der Waals surface area (Å²) >= 11 is 1.43. The van der Waals surface area contributed by atoms with Crippen LogP contribution in [0.25, 0.3) is 5.57 Å². The second kappa shape index (κ2) is 4.97. The highest BCUT2D eigenvalue weighted by Gasteiger charge is 2.05. The van der Waals surface area contributed by atoms with Gasteiger partial charge in [0.2, 0.25) is 5.13 Å². The first-order valence-corrected chi connectivity index (χ1v) is 6.13. The Bertz CT molecular complexity index is 530. The van der Waals surface area contributed by atoms with E-state index in [-0.39, 0.29) is 5.96 Å². The number of rotatable bonds is 2. The number of allylic oxidation sites excluding steroid dienone is 6. The molecule has 0 spiro atoms. The third-order valence-electron chi connectivity index (χ3n) is 2.32. The molecule has 4 nitrogen and oxygen atoms in total. The van der Waals surface area contributed by atoms with Crippen molar-refractivity contribution in [3.05, 3.63) is 41.0 Å². The van der Waals surface area contributed by atoms with Gasteiger partial charge in [0.05, 0.1) is 5.69 Å². The molecule has 1 aliphatic rings. The van der Waals surface area contributed by atoms with Crippen molar-refractivity contribution in [3.8, 4) is 0 Å². The normalized spacial score (nSPS) is 14.9. The molecule has 88 valence electrons. The quantitative estimate of drug-likeness (QED) is 0.621. The fourth-order valence-corrected chi connectivity index (χ4v) is 2.19. The molecule has 0 atom stereocenters. The standard InChI is InChI=1S/C12H14N4S/c1-8-3-2-4-9(6-5-8)10-7-17-12(15-10)16-11(13)14/h3-7H,2H2,1H3,(H4,13,14,15,16). The highest BCUT2D eigenvalue weighted by molar-refractivity contribution is 7.13. The summed E-state index contributed by atoms with van der Waals surface area (Å²) in [4.78, 5) is 8.30. The molecule has 1 aromatic heterocycles. The van der Waals surface area contributed by atoms with Crippen LogP contribution in [-0.2, 0) is 0 Å². The molecule has 0 aromatic carbocycles. The Morgan fingerprint density at radius 3 is 2.94 bits per heavy atom. The molecular formula is C12H14N4S. The van der Waals surface area contributed by atoms with Gasteiger partial charge in [0.1, 0.15) is 0 Å². The summed E-state index contributed by atoms with van der Waals surface area (Å²) in [5, 5.41) is 2.54. The second-order valence-electron chi connectivity index (χ2n) is 3.73. The van der Waals surface area contributed by atoms with Crippen LogP contribution < -0.4 is 11.5 Å². The lowest BCUT2D eigenvalue weighted by Gasteiger charge is -1.94. The zero-order valence-electron chi connectivity index (χ0n) is 9.55. The van der Waals surface area contributed by atoms with Crippen molar-refractivity contribution in [2.45, 2.75) is 13.3 Å². The zero-order valence-corrected chi connectivity index (χ0v) is 10.4. The summed E-state index contributed by atoms with van der Waals surface area (Å²) in [6.07, 6.45) is 9.38. The van der Waals surface area contributed by atoms with Crippen LogP contribution in [0.15, 0.2) is 40.2 Å². The maximum atomic E-state index is 5.31. The first-order chi connectivity index (χ1) is 8.15. The van der Waals surface area contributed by atoms with Gasteiger partial charge in [-0.1, -0.05) is 29.9 Å². The monoisotopic (exact) mass is 246 g/mol. The average molecular weight is 246 g/mol. The lowest BCUT2D eigenvalue weighted by atomic mass is 10.2. The molecule has 0 amide bonds. The molecule has 0 radical (unpaired) electrons. The Kier molecular flexibility index (Phi) is 3.39. The van der Waals surface area contributed by atoms with E-state index in [0.29, 0.717) is 5.13 Å². The molecule has 0 saturated heterocycles. The van der Waals surface area contributed by atoms with Crippen molar-refractivity contribution in [3.63, 3.8) is 0 Å². The minimum atomic E-state index is 0.0359. The van der Waals surface area contributed by atoms with Gasteiger partial charge in [-0.15, -0.1) is 11.3 Å². The van der Waals surface area contributed by atoms with Gasteiger partial charge in [-0.05, 0) is 18.9 Å². The highest BCUT2D eigenvalue weighted by atomic mass is 32.1. The van der Waals surface area contributed by atoms with Crippen LogP contribution in [0.5, 0.6) is 0 Å². The van der Waals surface area contributed by atoms with Crippen LogP contribution in [-0.4, -0.2) is 10.9 Å². The fraction of sp³-hybridized carbons (Fsp3) is 0.167. The minimum Gasteiger partial charge on any atom is -0.370 e. The third kappa shape index (κ3) is 3.04. The van der Waals surface area contributed by atoms with Crippen LogP contribution in [0, 0.1) is 0 Å². The Morgan fingerprint density at radius 2 is 2.18 bits per heavy atom. The topological polar surface area (TPSA) is 77.3 Å². The van der Waals surface area contributed by atoms with Crippen LogP contribution in [0.2, 0.25) is 0 Å². The van der Waals surface area contributed by atoms with E-state index in [0.717, 1.165) is 17.7 Å². The first-order valence-electron chi connectivity index (χ1n) is 5.25. The lowest BCUT2D eigenvalue weighted by Crippen LogP contribution is -2.21. The minimum absolute atomic E-state index is 0.0359. The summed E-state index contributed by atoms with van der Waals surface area (Å²) in [5.41, 5.74) is 13.9. The summed E-state index contributed by atoms with van der Waals surface area (Å²) in [7, 11) is 0. The molecule has 0 bridgehead atoms. The molecule has 1 heterocycles. The molecule has 0 fully saturated rings. The van der Waals surface area contributed by atoms with E-state index < -0.39 is 0 Å². The summed E-state index contributed by atoms with van der Waals surface area (Å²) in [6.45, 7) is 2.08. The average Bonchev–Trinajstić information content (AvgIpc) is 2.59. The summed E-state index contributed by atoms with van der Waals surface area (Å²) < 4.78 is 0. The Labute approximate surface area is 104 Å². The number of aromatic nitrogens is 1. The van der Waals surface area contributed by atoms with Crippen LogP contribution >= 0.6 is 11.3 Å². The molecular weight excluding hydrogens is 232 g/mol. The van der Waals surface area contributed by atoms with Gasteiger partial charge in [0, 0.05) is 5.38 Å². The van der Waals surface area contributed by atoms with Gasteiger partial charge in [-0.2, -0.15) is 4.99 Å². The van der Waals surface area contributed by atoms with E-state index in [2.05, 4.69) is 41.2 Å². The molecule has 5 heteroatoms. The molecule has 1 aromatic rings. The van der Waals surface area contributed by atoms with Gasteiger partial charge in [0.25, 0.3) is 0 Å². The summed E-state index contributed by atoms with van der Waals surface area (Å²) in [5.74, 6) is 0.0359. The van der Waals surface area contributed by atoms with Crippen molar-refractivity contribution >= 4 is 28.0 Å². The molecule has 1 aliphatic carbocycles. The van der Waals surface area contributed by atoms with E-state index in [4.69, 9.17) is 11.5 Å². The maximum absolute atomic E-state index is 5.31. The van der Waals surface area contributed by atoms with Crippen molar-refractivity contribution in [1.82, 2.24) is 4.98 Å². The molecule has 0 saturated carbocycles. The zero-order chi connectivity index (χ0) is 12.3. The number of hydrogen-bond acceptors (Lipinski definition) is 3. The molecule has 0 aliphatic heterocycles. The number of nitrogens with two attached hydrogens (primary N) is 2. The molecule has 4 N–H and O–H groups in total. The van der Waals surface area contributed by atoms with E-state index in [1.165, 1.54) is 16.9 Å². The van der Waals surface area contributed by atoms with Gasteiger partial charge in [-0.25, -0.2) is 4.98 Å². The van der Waals surface area contributed by atoms with Crippen molar-refractivity contribution in [2.75, 3.05) is 0 Å². The second-order valence-corrected chi connectivity index (χ2v) is 4.57. The molecule has 0 unspecified atom stereocenters. The smallest absolute Gasteiger partial charge is 0.212 e. The highest BCUT2D eigenvalue weighted by Crippen LogP contribution is 2.26. The van der Waals surface area contributed by atoms with Gasteiger partial charge in [0.15, 0.2) is 5.96 Å². The molecule has 17 heavy (non-hydrogen) atoms. The largest absolute Gasteiger partial charge is 0.370 e. The van der Waals surface area contributed by atoms with E-state index in [9.17, 15) is 0 Å². The van der Waals surface area contributed by atoms with Crippen LogP contribution in [0.3, 0.4) is 0 Å². The predicted octanol–water partition coefficient (Wildman–Crippen LogP) is 2.34. The van der Waals surface area contributed by atoms with Gasteiger partial charge >= 0.3 is 0 Å². The Balaban J connectivity index is 2.24. The third-order valence-corrected chi connectivity index (χ3v) is 3.05. The molecule has 2 rings (SSSR count). The number of nitrogens with zero attached hydrogens (tertiary/aromatic N) is 2.